The fourth-order valence-corrected chi connectivity index (χ4v) is 4.57. The van der Waals surface area contributed by atoms with Crippen LogP contribution in [0.5, 0.6) is 0 Å². The summed E-state index contributed by atoms with van der Waals surface area (Å²) in [6.07, 6.45) is 0. The van der Waals surface area contributed by atoms with Gasteiger partial charge in [0.2, 0.25) is 0 Å². The molecule has 0 saturated heterocycles. The molecule has 0 heterocycles. The van der Waals surface area contributed by atoms with Gasteiger partial charge in [-0.15, -0.1) is 0 Å². The predicted octanol–water partition coefficient (Wildman–Crippen LogP) is 2.68. The third kappa shape index (κ3) is 6.66. The number of ketones is 1. The van der Waals surface area contributed by atoms with Crippen LogP contribution in [0.25, 0.3) is 0 Å². The fraction of sp³-hybridized carbons (Fsp3) is 0.250. The third-order valence-electron chi connectivity index (χ3n) is 4.00. The number of benzene rings is 2. The first-order chi connectivity index (χ1) is 13.6. The lowest BCUT2D eigenvalue weighted by atomic mass is 10.2. The first kappa shape index (κ1) is 23.1. The summed E-state index contributed by atoms with van der Waals surface area (Å²) in [4.78, 5) is 15.6. The molecule has 0 unspecified atom stereocenters. The molecule has 29 heavy (non-hydrogen) atoms. The maximum absolute atomic E-state index is 13.9. The van der Waals surface area contributed by atoms with E-state index in [1.165, 1.54) is 35.0 Å². The molecule has 0 aliphatic heterocycles. The molecule has 0 aliphatic carbocycles. The standard InChI is InChI=1S/C20H21FN2O3S3/c1-22(19(27)15-8-4-3-5-9-15)12-16(24)13-29(25,26)14-23(2)20(28)17-10-6-7-11-18(17)21/h3-11H,12-14H2,1-2H3. The van der Waals surface area contributed by atoms with E-state index in [-0.39, 0.29) is 17.1 Å². The van der Waals surface area contributed by atoms with E-state index in [1.807, 2.05) is 30.3 Å². The molecule has 0 saturated carbocycles. The fourth-order valence-electron chi connectivity index (χ4n) is 2.67. The minimum atomic E-state index is -3.79. The highest BCUT2D eigenvalue weighted by atomic mass is 32.2. The van der Waals surface area contributed by atoms with E-state index in [4.69, 9.17) is 24.4 Å². The van der Waals surface area contributed by atoms with Crippen LogP contribution in [-0.2, 0) is 14.6 Å². The van der Waals surface area contributed by atoms with Gasteiger partial charge in [0.1, 0.15) is 27.4 Å². The van der Waals surface area contributed by atoms with Crippen LogP contribution in [-0.4, -0.2) is 66.2 Å². The van der Waals surface area contributed by atoms with Crippen molar-refractivity contribution >= 4 is 50.0 Å². The topological polar surface area (TPSA) is 57.7 Å². The number of thiocarbonyl (C=S) groups is 2. The molecular formula is C20H21FN2O3S3. The minimum absolute atomic E-state index is 0.0569. The van der Waals surface area contributed by atoms with E-state index in [0.29, 0.717) is 4.99 Å². The molecule has 0 atom stereocenters. The number of likely N-dealkylation sites (N-methyl/N-ethyl adjacent to an activating group) is 1. The summed E-state index contributed by atoms with van der Waals surface area (Å²) < 4.78 is 38.7. The second kappa shape index (κ2) is 10.00. The third-order valence-corrected chi connectivity index (χ3v) is 6.62. The van der Waals surface area contributed by atoms with Crippen molar-refractivity contribution in [2.75, 3.05) is 32.3 Å². The normalized spacial score (nSPS) is 11.0. The zero-order valence-corrected chi connectivity index (χ0v) is 18.5. The van der Waals surface area contributed by atoms with Gasteiger partial charge in [0.05, 0.1) is 6.54 Å². The number of halogens is 1. The Morgan fingerprint density at radius 3 is 2.14 bits per heavy atom. The average molecular weight is 453 g/mol. The number of sulfone groups is 1. The summed E-state index contributed by atoms with van der Waals surface area (Å²) in [6.45, 7) is -0.131. The predicted molar refractivity (Wildman–Crippen MR) is 120 cm³/mol. The molecule has 2 aromatic rings. The second-order valence-corrected chi connectivity index (χ2v) is 9.37. The molecule has 0 fully saturated rings. The molecule has 0 aliphatic rings. The lowest BCUT2D eigenvalue weighted by molar-refractivity contribution is -0.116. The quantitative estimate of drug-likeness (QED) is 0.571. The molecule has 0 spiro atoms. The largest absolute Gasteiger partial charge is 0.358 e. The van der Waals surface area contributed by atoms with Crippen LogP contribution in [0.15, 0.2) is 54.6 Å². The van der Waals surface area contributed by atoms with Gasteiger partial charge in [0, 0.05) is 25.2 Å². The highest BCUT2D eigenvalue weighted by molar-refractivity contribution is 7.92. The van der Waals surface area contributed by atoms with Crippen LogP contribution in [0.4, 0.5) is 4.39 Å². The molecule has 0 radical (unpaired) electrons. The number of nitrogens with zero attached hydrogens (tertiary/aromatic N) is 2. The summed E-state index contributed by atoms with van der Waals surface area (Å²) in [6, 6.07) is 15.0. The second-order valence-electron chi connectivity index (χ2n) is 6.57. The van der Waals surface area contributed by atoms with Gasteiger partial charge in [0.25, 0.3) is 0 Å². The van der Waals surface area contributed by atoms with E-state index >= 15 is 0 Å². The Labute approximate surface area is 181 Å². The molecule has 0 N–H and O–H groups in total. The van der Waals surface area contributed by atoms with Crippen molar-refractivity contribution in [1.29, 1.82) is 0 Å². The van der Waals surface area contributed by atoms with E-state index in [2.05, 4.69) is 0 Å². The summed E-state index contributed by atoms with van der Waals surface area (Å²) in [5, 5.41) is 0. The van der Waals surface area contributed by atoms with Crippen molar-refractivity contribution < 1.29 is 17.6 Å². The van der Waals surface area contributed by atoms with E-state index in [9.17, 15) is 17.6 Å². The number of Topliss-reactive ketones (excluding diaryl/α,β-unsaturated/α-hetero) is 1. The van der Waals surface area contributed by atoms with Crippen LogP contribution >= 0.6 is 24.4 Å². The molecule has 0 bridgehead atoms. The van der Waals surface area contributed by atoms with Gasteiger partial charge in [-0.2, -0.15) is 0 Å². The Morgan fingerprint density at radius 1 is 0.931 bits per heavy atom. The molecule has 5 nitrogen and oxygen atoms in total. The molecule has 0 amide bonds. The average Bonchev–Trinajstić information content (AvgIpc) is 2.66. The molecule has 9 heteroatoms. The minimum Gasteiger partial charge on any atom is -0.358 e. The van der Waals surface area contributed by atoms with Gasteiger partial charge in [0.15, 0.2) is 15.6 Å². The van der Waals surface area contributed by atoms with Gasteiger partial charge in [-0.3, -0.25) is 4.79 Å². The van der Waals surface area contributed by atoms with Crippen molar-refractivity contribution in [3.63, 3.8) is 0 Å². The van der Waals surface area contributed by atoms with Gasteiger partial charge >= 0.3 is 0 Å². The number of hydrogen-bond acceptors (Lipinski definition) is 5. The van der Waals surface area contributed by atoms with Crippen molar-refractivity contribution in [3.05, 3.63) is 71.5 Å². The number of carbonyl (C=O) groups is 1. The highest BCUT2D eigenvalue weighted by Crippen LogP contribution is 2.11. The van der Waals surface area contributed by atoms with Gasteiger partial charge in [-0.1, -0.05) is 66.9 Å². The monoisotopic (exact) mass is 452 g/mol. The van der Waals surface area contributed by atoms with E-state index < -0.39 is 33.1 Å². The van der Waals surface area contributed by atoms with Crippen LogP contribution in [0.1, 0.15) is 11.1 Å². The SMILES string of the molecule is CN(CC(=O)CS(=O)(=O)CN(C)C(=S)c1ccccc1F)C(=S)c1ccccc1. The van der Waals surface area contributed by atoms with Crippen LogP contribution in [0, 0.1) is 5.82 Å². The zero-order chi connectivity index (χ0) is 21.6. The first-order valence-electron chi connectivity index (χ1n) is 8.63. The molecule has 2 rings (SSSR count). The first-order valence-corrected chi connectivity index (χ1v) is 11.3. The van der Waals surface area contributed by atoms with Gasteiger partial charge < -0.3 is 9.80 Å². The maximum atomic E-state index is 13.9. The Bertz CT molecular complexity index is 1010. The van der Waals surface area contributed by atoms with Crippen molar-refractivity contribution in [3.8, 4) is 0 Å². The summed E-state index contributed by atoms with van der Waals surface area (Å²) in [7, 11) is -0.695. The Morgan fingerprint density at radius 2 is 1.52 bits per heavy atom. The zero-order valence-electron chi connectivity index (χ0n) is 16.0. The molecule has 154 valence electrons. The Kier molecular flexibility index (Phi) is 7.95. The highest BCUT2D eigenvalue weighted by Gasteiger charge is 2.23. The number of hydrogen-bond donors (Lipinski definition) is 0. The van der Waals surface area contributed by atoms with Gasteiger partial charge in [-0.05, 0) is 12.1 Å². The number of carbonyl (C=O) groups excluding carboxylic acids is 1. The lowest BCUT2D eigenvalue weighted by Crippen LogP contribution is -2.38. The van der Waals surface area contributed by atoms with Gasteiger partial charge in [-0.25, -0.2) is 12.8 Å². The van der Waals surface area contributed by atoms with Crippen molar-refractivity contribution in [2.24, 2.45) is 0 Å². The van der Waals surface area contributed by atoms with Crippen LogP contribution < -0.4 is 0 Å². The Balaban J connectivity index is 1.96. The number of rotatable bonds is 8. The summed E-state index contributed by atoms with van der Waals surface area (Å²) >= 11 is 10.5. The summed E-state index contributed by atoms with van der Waals surface area (Å²) in [5.41, 5.74) is 0.912. The van der Waals surface area contributed by atoms with E-state index in [1.54, 1.807) is 13.1 Å². The smallest absolute Gasteiger partial charge is 0.175 e. The molecule has 0 aromatic heterocycles. The van der Waals surface area contributed by atoms with Crippen LogP contribution in [0.3, 0.4) is 0 Å². The molecular weight excluding hydrogens is 431 g/mol. The van der Waals surface area contributed by atoms with E-state index in [0.717, 1.165) is 5.56 Å². The van der Waals surface area contributed by atoms with Crippen LogP contribution in [0.2, 0.25) is 0 Å². The molecule has 2 aromatic carbocycles. The Hall–Kier alpha value is -2.23. The summed E-state index contributed by atoms with van der Waals surface area (Å²) in [5.74, 6) is -2.16. The maximum Gasteiger partial charge on any atom is 0.175 e. The lowest BCUT2D eigenvalue weighted by Gasteiger charge is -2.21. The van der Waals surface area contributed by atoms with Crippen molar-refractivity contribution in [2.45, 2.75) is 0 Å². The van der Waals surface area contributed by atoms with Crippen molar-refractivity contribution in [1.82, 2.24) is 9.80 Å².